The van der Waals surface area contributed by atoms with Gasteiger partial charge in [-0.05, 0) is 25.3 Å². The summed E-state index contributed by atoms with van der Waals surface area (Å²) in [5.74, 6) is 4.31. The van der Waals surface area contributed by atoms with Gasteiger partial charge in [-0.15, -0.1) is 11.3 Å². The lowest BCUT2D eigenvalue weighted by Gasteiger charge is -2.11. The second-order valence-electron chi connectivity index (χ2n) is 3.57. The Morgan fingerprint density at radius 2 is 2.32 bits per heavy atom. The van der Waals surface area contributed by atoms with Crippen LogP contribution in [-0.2, 0) is 9.53 Å². The molecule has 6 heteroatoms. The number of rotatable bonds is 4. The van der Waals surface area contributed by atoms with E-state index in [9.17, 15) is 9.59 Å². The molecule has 1 aromatic heterocycles. The summed E-state index contributed by atoms with van der Waals surface area (Å²) in [4.78, 5) is 23.8. The smallest absolute Gasteiger partial charge is 0.328 e. The number of nitrogens with one attached hydrogen (secondary N) is 1. The fourth-order valence-electron chi connectivity index (χ4n) is 1.31. The Morgan fingerprint density at radius 3 is 2.95 bits per heavy atom. The van der Waals surface area contributed by atoms with E-state index in [1.54, 1.807) is 25.3 Å². The standard InChI is InChI=1S/C13H15NO4S/c1-3-18-13(17)9(2)14-12(16)11-10(5-4-7-15)6-8-19-11/h6,8-9,15H,3,7H2,1-2H3,(H,14,16). The maximum Gasteiger partial charge on any atom is 0.328 e. The summed E-state index contributed by atoms with van der Waals surface area (Å²) in [5.41, 5.74) is 0.535. The maximum absolute atomic E-state index is 12.0. The summed E-state index contributed by atoms with van der Waals surface area (Å²) >= 11 is 1.23. The predicted molar refractivity (Wildman–Crippen MR) is 71.8 cm³/mol. The van der Waals surface area contributed by atoms with Crippen molar-refractivity contribution in [3.05, 3.63) is 21.9 Å². The van der Waals surface area contributed by atoms with E-state index >= 15 is 0 Å². The van der Waals surface area contributed by atoms with Crippen molar-refractivity contribution in [2.24, 2.45) is 0 Å². The summed E-state index contributed by atoms with van der Waals surface area (Å²) in [5, 5.41) is 12.9. The molecule has 5 nitrogen and oxygen atoms in total. The largest absolute Gasteiger partial charge is 0.464 e. The van der Waals surface area contributed by atoms with E-state index in [0.29, 0.717) is 10.4 Å². The highest BCUT2D eigenvalue weighted by atomic mass is 32.1. The average molecular weight is 281 g/mol. The highest BCUT2D eigenvalue weighted by Gasteiger charge is 2.19. The SMILES string of the molecule is CCOC(=O)C(C)NC(=O)c1sccc1C#CCO. The van der Waals surface area contributed by atoms with Crippen LogP contribution >= 0.6 is 11.3 Å². The van der Waals surface area contributed by atoms with Crippen LogP contribution in [0, 0.1) is 11.8 Å². The number of aliphatic hydroxyl groups excluding tert-OH is 1. The molecule has 2 N–H and O–H groups in total. The molecule has 19 heavy (non-hydrogen) atoms. The number of esters is 1. The molecule has 0 bridgehead atoms. The van der Waals surface area contributed by atoms with E-state index in [1.807, 2.05) is 0 Å². The quantitative estimate of drug-likeness (QED) is 0.631. The van der Waals surface area contributed by atoms with Gasteiger partial charge in [-0.3, -0.25) is 4.79 Å². The molecule has 1 atom stereocenters. The Hall–Kier alpha value is -1.84. The Bertz CT molecular complexity index is 512. The van der Waals surface area contributed by atoms with Crippen molar-refractivity contribution < 1.29 is 19.4 Å². The first-order valence-corrected chi connectivity index (χ1v) is 6.62. The van der Waals surface area contributed by atoms with E-state index in [0.717, 1.165) is 0 Å². The van der Waals surface area contributed by atoms with E-state index < -0.39 is 12.0 Å². The van der Waals surface area contributed by atoms with Gasteiger partial charge in [0.05, 0.1) is 6.61 Å². The van der Waals surface area contributed by atoms with Gasteiger partial charge in [0.15, 0.2) is 0 Å². The molecule has 0 aliphatic heterocycles. The normalized spacial score (nSPS) is 11.1. The number of amides is 1. The van der Waals surface area contributed by atoms with Crippen molar-refractivity contribution in [2.45, 2.75) is 19.9 Å². The Morgan fingerprint density at radius 1 is 1.58 bits per heavy atom. The Kier molecular flexibility index (Phi) is 6.06. The summed E-state index contributed by atoms with van der Waals surface area (Å²) in [6.07, 6.45) is 0. The maximum atomic E-state index is 12.0. The fraction of sp³-hybridized carbons (Fsp3) is 0.385. The molecule has 0 aliphatic rings. The number of ether oxygens (including phenoxy) is 1. The van der Waals surface area contributed by atoms with Crippen molar-refractivity contribution in [1.29, 1.82) is 0 Å². The van der Waals surface area contributed by atoms with Gasteiger partial charge >= 0.3 is 5.97 Å². The summed E-state index contributed by atoms with van der Waals surface area (Å²) in [6, 6.07) is 0.977. The highest BCUT2D eigenvalue weighted by Crippen LogP contribution is 2.15. The molecule has 0 aromatic carbocycles. The minimum Gasteiger partial charge on any atom is -0.464 e. The van der Waals surface area contributed by atoms with Crippen molar-refractivity contribution in [3.63, 3.8) is 0 Å². The molecule has 1 rings (SSSR count). The predicted octanol–water partition coefficient (Wildman–Crippen LogP) is 0.773. The lowest BCUT2D eigenvalue weighted by Crippen LogP contribution is -2.39. The second kappa shape index (κ2) is 7.56. The number of hydrogen-bond acceptors (Lipinski definition) is 5. The van der Waals surface area contributed by atoms with Gasteiger partial charge in [0.1, 0.15) is 17.5 Å². The first-order valence-electron chi connectivity index (χ1n) is 5.74. The second-order valence-corrected chi connectivity index (χ2v) is 4.49. The highest BCUT2D eigenvalue weighted by molar-refractivity contribution is 7.12. The number of hydrogen-bond donors (Lipinski definition) is 2. The van der Waals surface area contributed by atoms with Gasteiger partial charge in [0.2, 0.25) is 0 Å². The molecule has 0 radical (unpaired) electrons. The zero-order valence-corrected chi connectivity index (χ0v) is 11.5. The summed E-state index contributed by atoms with van der Waals surface area (Å²) < 4.78 is 4.81. The minimum atomic E-state index is -0.715. The fourth-order valence-corrected chi connectivity index (χ4v) is 2.06. The third kappa shape index (κ3) is 4.39. The Labute approximate surface area is 115 Å². The van der Waals surface area contributed by atoms with Gasteiger partial charge in [0.25, 0.3) is 5.91 Å². The number of carbonyl (C=O) groups excluding carboxylic acids is 2. The van der Waals surface area contributed by atoms with Crippen molar-refractivity contribution in [2.75, 3.05) is 13.2 Å². The number of thiophene rings is 1. The molecule has 0 saturated carbocycles. The first kappa shape index (κ1) is 15.2. The van der Waals surface area contributed by atoms with Crippen LogP contribution in [-0.4, -0.2) is 36.2 Å². The van der Waals surface area contributed by atoms with Crippen LogP contribution in [0.3, 0.4) is 0 Å². The number of aliphatic hydroxyl groups is 1. The number of carbonyl (C=O) groups is 2. The van der Waals surface area contributed by atoms with E-state index in [4.69, 9.17) is 9.84 Å². The van der Waals surface area contributed by atoms with Gasteiger partial charge < -0.3 is 15.2 Å². The molecule has 0 saturated heterocycles. The lowest BCUT2D eigenvalue weighted by atomic mass is 10.2. The molecule has 1 unspecified atom stereocenters. The molecule has 1 amide bonds. The minimum absolute atomic E-state index is 0.268. The summed E-state index contributed by atoms with van der Waals surface area (Å²) in [6.45, 7) is 3.26. The molecule has 0 aliphatic carbocycles. The van der Waals surface area contributed by atoms with Crippen molar-refractivity contribution in [3.8, 4) is 11.8 Å². The monoisotopic (exact) mass is 281 g/mol. The Balaban J connectivity index is 2.73. The average Bonchev–Trinajstić information content (AvgIpc) is 2.84. The van der Waals surface area contributed by atoms with Crippen LogP contribution in [0.1, 0.15) is 29.1 Å². The van der Waals surface area contributed by atoms with Gasteiger partial charge in [0, 0.05) is 5.56 Å². The molecule has 0 fully saturated rings. The van der Waals surface area contributed by atoms with Crippen LogP contribution in [0.4, 0.5) is 0 Å². The molecule has 1 heterocycles. The van der Waals surface area contributed by atoms with Crippen LogP contribution < -0.4 is 5.32 Å². The van der Waals surface area contributed by atoms with Gasteiger partial charge in [-0.1, -0.05) is 11.8 Å². The van der Waals surface area contributed by atoms with Crippen LogP contribution in [0.2, 0.25) is 0 Å². The van der Waals surface area contributed by atoms with Crippen molar-refractivity contribution >= 4 is 23.2 Å². The zero-order chi connectivity index (χ0) is 14.3. The molecular formula is C13H15NO4S. The third-order valence-corrected chi connectivity index (χ3v) is 3.07. The first-order chi connectivity index (χ1) is 9.10. The van der Waals surface area contributed by atoms with E-state index in [1.165, 1.54) is 11.3 Å². The zero-order valence-electron chi connectivity index (χ0n) is 10.7. The molecule has 1 aromatic rings. The van der Waals surface area contributed by atoms with Crippen molar-refractivity contribution in [1.82, 2.24) is 5.32 Å². The third-order valence-electron chi connectivity index (χ3n) is 2.16. The van der Waals surface area contributed by atoms with E-state index in [-0.39, 0.29) is 19.1 Å². The molecule has 0 spiro atoms. The summed E-state index contributed by atoms with van der Waals surface area (Å²) in [7, 11) is 0. The van der Waals surface area contributed by atoms with E-state index in [2.05, 4.69) is 17.2 Å². The van der Waals surface area contributed by atoms with Crippen LogP contribution in [0.15, 0.2) is 11.4 Å². The van der Waals surface area contributed by atoms with Gasteiger partial charge in [-0.25, -0.2) is 4.79 Å². The molecular weight excluding hydrogens is 266 g/mol. The lowest BCUT2D eigenvalue weighted by molar-refractivity contribution is -0.144. The topological polar surface area (TPSA) is 75.6 Å². The van der Waals surface area contributed by atoms with Crippen LogP contribution in [0.5, 0.6) is 0 Å². The molecule has 102 valence electrons. The van der Waals surface area contributed by atoms with Crippen LogP contribution in [0.25, 0.3) is 0 Å². The van der Waals surface area contributed by atoms with Gasteiger partial charge in [-0.2, -0.15) is 0 Å².